The van der Waals surface area contributed by atoms with Crippen LogP contribution in [0, 0.1) is 0 Å². The highest BCUT2D eigenvalue weighted by Gasteiger charge is 2.18. The molecule has 5 rings (SSSR count). The first kappa shape index (κ1) is 19.0. The van der Waals surface area contributed by atoms with E-state index in [9.17, 15) is 9.59 Å². The molecular weight excluding hydrogens is 382 g/mol. The van der Waals surface area contributed by atoms with Gasteiger partial charge in [0, 0.05) is 23.7 Å². The summed E-state index contributed by atoms with van der Waals surface area (Å²) in [6.07, 6.45) is 2.55. The second-order valence-electron chi connectivity index (χ2n) is 7.67. The normalized spacial score (nSPS) is 11.1. The summed E-state index contributed by atoms with van der Waals surface area (Å²) in [5.41, 5.74) is 2.61. The van der Waals surface area contributed by atoms with E-state index < -0.39 is 0 Å². The first-order valence-electron chi connectivity index (χ1n) is 10.4. The van der Waals surface area contributed by atoms with Gasteiger partial charge in [-0.2, -0.15) is 0 Å². The Morgan fingerprint density at radius 2 is 1.35 bits per heavy atom. The van der Waals surface area contributed by atoms with Gasteiger partial charge in [0.25, 0.3) is 0 Å². The largest absolute Gasteiger partial charge is 0.346 e. The molecule has 150 valence electrons. The Balaban J connectivity index is 1.64. The molecule has 5 aromatic rings. The van der Waals surface area contributed by atoms with E-state index in [1.54, 1.807) is 18.3 Å². The summed E-state index contributed by atoms with van der Waals surface area (Å²) in [5.74, 6) is -0.235. The number of nitrogens with zero attached hydrogens (tertiary/aromatic N) is 1. The molecule has 0 saturated carbocycles. The highest BCUT2D eigenvalue weighted by atomic mass is 16.1. The quantitative estimate of drug-likeness (QED) is 0.357. The Hall–Kier alpha value is -3.98. The van der Waals surface area contributed by atoms with Gasteiger partial charge in [0.1, 0.15) is 0 Å². The smallest absolute Gasteiger partial charge is 0.200 e. The van der Waals surface area contributed by atoms with Gasteiger partial charge in [0.2, 0.25) is 5.43 Å². The van der Waals surface area contributed by atoms with Crippen molar-refractivity contribution in [2.75, 3.05) is 0 Å². The van der Waals surface area contributed by atoms with Gasteiger partial charge in [-0.3, -0.25) is 9.59 Å². The van der Waals surface area contributed by atoms with Crippen LogP contribution in [0.15, 0.2) is 108 Å². The Morgan fingerprint density at radius 3 is 2.19 bits per heavy atom. The molecule has 0 atom stereocenters. The molecule has 0 spiro atoms. The predicted molar refractivity (Wildman–Crippen MR) is 126 cm³/mol. The molecule has 3 nitrogen and oxygen atoms in total. The summed E-state index contributed by atoms with van der Waals surface area (Å²) in [4.78, 5) is 26.8. The van der Waals surface area contributed by atoms with Crippen LogP contribution in [-0.4, -0.2) is 10.4 Å². The molecule has 0 amide bonds. The van der Waals surface area contributed by atoms with Crippen molar-refractivity contribution in [3.63, 3.8) is 0 Å². The van der Waals surface area contributed by atoms with E-state index in [-0.39, 0.29) is 16.8 Å². The second kappa shape index (κ2) is 8.04. The molecule has 1 heterocycles. The zero-order valence-corrected chi connectivity index (χ0v) is 17.0. The molecule has 4 aromatic carbocycles. The number of pyridine rings is 1. The fourth-order valence-corrected chi connectivity index (χ4v) is 4.15. The lowest BCUT2D eigenvalue weighted by Gasteiger charge is -2.14. The van der Waals surface area contributed by atoms with Crippen LogP contribution in [0.2, 0.25) is 0 Å². The molecule has 31 heavy (non-hydrogen) atoms. The summed E-state index contributed by atoms with van der Waals surface area (Å²) in [6.45, 7) is 0.681. The monoisotopic (exact) mass is 403 g/mol. The number of benzene rings is 4. The summed E-state index contributed by atoms with van der Waals surface area (Å²) in [5, 5.41) is 2.42. The number of aryl methyl sites for hydroxylation is 2. The van der Waals surface area contributed by atoms with E-state index in [1.165, 1.54) is 5.56 Å². The third-order valence-corrected chi connectivity index (χ3v) is 5.75. The molecule has 0 N–H and O–H groups in total. The topological polar surface area (TPSA) is 39.1 Å². The Morgan fingerprint density at radius 1 is 0.677 bits per heavy atom. The van der Waals surface area contributed by atoms with E-state index in [0.29, 0.717) is 17.5 Å². The molecular formula is C28H21NO2. The number of ketones is 1. The lowest BCUT2D eigenvalue weighted by molar-refractivity contribution is 0.103. The van der Waals surface area contributed by atoms with Gasteiger partial charge in [0.15, 0.2) is 5.78 Å². The van der Waals surface area contributed by atoms with E-state index in [2.05, 4.69) is 12.1 Å². The second-order valence-corrected chi connectivity index (χ2v) is 7.67. The van der Waals surface area contributed by atoms with Gasteiger partial charge in [-0.05, 0) is 34.9 Å². The average Bonchev–Trinajstić information content (AvgIpc) is 2.83. The van der Waals surface area contributed by atoms with Crippen LogP contribution < -0.4 is 5.43 Å². The Labute approximate surface area is 180 Å². The van der Waals surface area contributed by atoms with Crippen molar-refractivity contribution in [3.8, 4) is 0 Å². The third-order valence-electron chi connectivity index (χ3n) is 5.75. The molecule has 0 aliphatic rings. The van der Waals surface area contributed by atoms with Crippen LogP contribution in [0.1, 0.15) is 21.5 Å². The molecule has 0 aliphatic carbocycles. The van der Waals surface area contributed by atoms with Crippen LogP contribution >= 0.6 is 0 Å². The fourth-order valence-electron chi connectivity index (χ4n) is 4.15. The van der Waals surface area contributed by atoms with Crippen molar-refractivity contribution in [1.82, 2.24) is 4.57 Å². The molecule has 0 radical (unpaired) electrons. The van der Waals surface area contributed by atoms with Crippen LogP contribution in [0.25, 0.3) is 21.7 Å². The number of para-hydroxylation sites is 1. The average molecular weight is 403 g/mol. The van der Waals surface area contributed by atoms with Crippen LogP contribution in [0.5, 0.6) is 0 Å². The number of hydrogen-bond acceptors (Lipinski definition) is 2. The number of rotatable bonds is 5. The maximum Gasteiger partial charge on any atom is 0.200 e. The van der Waals surface area contributed by atoms with Crippen molar-refractivity contribution < 1.29 is 4.79 Å². The molecule has 1 aromatic heterocycles. The zero-order valence-electron chi connectivity index (χ0n) is 17.0. The van der Waals surface area contributed by atoms with E-state index >= 15 is 0 Å². The van der Waals surface area contributed by atoms with E-state index in [1.807, 2.05) is 77.4 Å². The lowest BCUT2D eigenvalue weighted by Crippen LogP contribution is -2.20. The van der Waals surface area contributed by atoms with Crippen LogP contribution in [-0.2, 0) is 13.0 Å². The molecule has 0 fully saturated rings. The van der Waals surface area contributed by atoms with E-state index in [4.69, 9.17) is 0 Å². The lowest BCUT2D eigenvalue weighted by atomic mass is 9.97. The maximum absolute atomic E-state index is 13.5. The standard InChI is InChI=1S/C28H21NO2/c30-27(23-15-8-12-21-11-4-5-13-22(21)23)25-19-29(18-17-20-9-2-1-3-10-20)26-16-7-6-14-24(26)28(25)31/h1-16,19H,17-18H2. The Kier molecular flexibility index (Phi) is 4.93. The van der Waals surface area contributed by atoms with E-state index in [0.717, 1.165) is 22.7 Å². The predicted octanol–water partition coefficient (Wildman–Crippen LogP) is 5.63. The summed E-state index contributed by atoms with van der Waals surface area (Å²) in [6, 6.07) is 31.1. The Bertz CT molecular complexity index is 1460. The third kappa shape index (κ3) is 3.55. The maximum atomic E-state index is 13.5. The SMILES string of the molecule is O=C(c1cn(CCc2ccccc2)c2ccccc2c1=O)c1cccc2ccccc12. The minimum atomic E-state index is -0.235. The van der Waals surface area contributed by atoms with Gasteiger partial charge in [0.05, 0.1) is 11.1 Å². The minimum Gasteiger partial charge on any atom is -0.346 e. The van der Waals surface area contributed by atoms with Crippen molar-refractivity contribution in [2.45, 2.75) is 13.0 Å². The molecule has 0 bridgehead atoms. The van der Waals surface area contributed by atoms with Gasteiger partial charge in [-0.25, -0.2) is 0 Å². The van der Waals surface area contributed by atoms with Gasteiger partial charge < -0.3 is 4.57 Å². The van der Waals surface area contributed by atoms with Gasteiger partial charge in [-0.15, -0.1) is 0 Å². The zero-order chi connectivity index (χ0) is 21.2. The number of aromatic nitrogens is 1. The summed E-state index contributed by atoms with van der Waals surface area (Å²) < 4.78 is 2.03. The number of carbonyl (C=O) groups is 1. The molecule has 0 saturated heterocycles. The number of carbonyl (C=O) groups excluding carboxylic acids is 1. The van der Waals surface area contributed by atoms with Gasteiger partial charge in [-0.1, -0.05) is 84.9 Å². The first-order chi connectivity index (χ1) is 15.2. The summed E-state index contributed by atoms with van der Waals surface area (Å²) in [7, 11) is 0. The van der Waals surface area contributed by atoms with Crippen molar-refractivity contribution in [3.05, 3.63) is 130 Å². The molecule has 0 unspecified atom stereocenters. The molecule has 0 aliphatic heterocycles. The van der Waals surface area contributed by atoms with Crippen molar-refractivity contribution in [1.29, 1.82) is 0 Å². The van der Waals surface area contributed by atoms with Crippen molar-refractivity contribution >= 4 is 27.5 Å². The molecule has 3 heteroatoms. The van der Waals surface area contributed by atoms with Crippen LogP contribution in [0.4, 0.5) is 0 Å². The minimum absolute atomic E-state index is 0.211. The fraction of sp³-hybridized carbons (Fsp3) is 0.0714. The van der Waals surface area contributed by atoms with Crippen LogP contribution in [0.3, 0.4) is 0 Å². The number of hydrogen-bond donors (Lipinski definition) is 0. The van der Waals surface area contributed by atoms with Gasteiger partial charge >= 0.3 is 0 Å². The highest BCUT2D eigenvalue weighted by molar-refractivity contribution is 6.17. The number of fused-ring (bicyclic) bond motifs is 2. The first-order valence-corrected chi connectivity index (χ1v) is 10.4. The highest BCUT2D eigenvalue weighted by Crippen LogP contribution is 2.22. The van der Waals surface area contributed by atoms with Crippen molar-refractivity contribution in [2.24, 2.45) is 0 Å². The summed E-state index contributed by atoms with van der Waals surface area (Å²) >= 11 is 0.